The molecule has 1 amide bonds. The van der Waals surface area contributed by atoms with E-state index in [9.17, 15) is 14.0 Å². The van der Waals surface area contributed by atoms with E-state index < -0.39 is 11.4 Å². The van der Waals surface area contributed by atoms with Crippen LogP contribution in [0.25, 0.3) is 11.1 Å². The molecule has 192 valence electrons. The summed E-state index contributed by atoms with van der Waals surface area (Å²) in [5, 5.41) is 2.71. The average molecular weight is 513 g/mol. The second-order valence-corrected chi connectivity index (χ2v) is 10.0. The number of fused-ring (bicyclic) bond motifs is 1. The molecule has 1 atom stereocenters. The number of anilines is 1. The number of hydrogen-bond acceptors (Lipinski definition) is 6. The van der Waals surface area contributed by atoms with E-state index in [4.69, 9.17) is 9.47 Å². The Hall–Kier alpha value is -3.13. The molecule has 3 heterocycles. The molecule has 2 aliphatic rings. The van der Waals surface area contributed by atoms with E-state index in [1.807, 2.05) is 45.2 Å². The Bertz CT molecular complexity index is 1200. The van der Waals surface area contributed by atoms with E-state index in [1.165, 1.54) is 12.1 Å². The van der Waals surface area contributed by atoms with Crippen LogP contribution in [0.2, 0.25) is 0 Å². The van der Waals surface area contributed by atoms with Crippen molar-refractivity contribution in [2.45, 2.75) is 46.6 Å². The molecule has 0 aliphatic carbocycles. The standard InChI is InChI=1S/C27H29FN2O4S.CH4/c1-5-33-26(32)16(10-11-35-4)12-19-8-6-17(15-29-19)21-14-23(34-27(21,2)3)24-20-9-7-18(28)13-22(20)30-25(24)31;/h6-9,13-16H,5,10-12H2,1-4H3,(H,30,31);1H4/b24-23+;/t16-;/m1./s1. The molecule has 1 N–H and O–H groups in total. The van der Waals surface area contributed by atoms with Gasteiger partial charge in [0.05, 0.1) is 23.8 Å². The van der Waals surface area contributed by atoms with Gasteiger partial charge in [-0.2, -0.15) is 11.8 Å². The molecule has 0 saturated heterocycles. The van der Waals surface area contributed by atoms with Crippen molar-refractivity contribution in [2.75, 3.05) is 23.9 Å². The summed E-state index contributed by atoms with van der Waals surface area (Å²) >= 11 is 1.70. The molecule has 8 heteroatoms. The number of thioether (sulfide) groups is 1. The van der Waals surface area contributed by atoms with Gasteiger partial charge in [-0.15, -0.1) is 0 Å². The van der Waals surface area contributed by atoms with Crippen LogP contribution in [-0.2, 0) is 25.5 Å². The van der Waals surface area contributed by atoms with E-state index in [0.29, 0.717) is 35.6 Å². The number of ether oxygens (including phenoxy) is 2. The fourth-order valence-electron chi connectivity index (χ4n) is 4.39. The van der Waals surface area contributed by atoms with Gasteiger partial charge in [0.1, 0.15) is 17.2 Å². The van der Waals surface area contributed by atoms with Gasteiger partial charge < -0.3 is 14.8 Å². The highest BCUT2D eigenvalue weighted by molar-refractivity contribution is 7.98. The van der Waals surface area contributed by atoms with Crippen LogP contribution in [0.5, 0.6) is 0 Å². The molecular weight excluding hydrogens is 479 g/mol. The summed E-state index contributed by atoms with van der Waals surface area (Å²) in [6.07, 6.45) is 6.89. The van der Waals surface area contributed by atoms with Gasteiger partial charge in [0, 0.05) is 35.0 Å². The van der Waals surface area contributed by atoms with E-state index in [-0.39, 0.29) is 25.2 Å². The van der Waals surface area contributed by atoms with Crippen LogP contribution in [0.4, 0.5) is 10.1 Å². The smallest absolute Gasteiger partial charge is 0.309 e. The molecule has 1 aromatic heterocycles. The predicted octanol–water partition coefficient (Wildman–Crippen LogP) is 5.89. The zero-order valence-corrected chi connectivity index (χ0v) is 21.1. The molecule has 2 aliphatic heterocycles. The predicted molar refractivity (Wildman–Crippen MR) is 143 cm³/mol. The number of nitrogens with zero attached hydrogens (tertiary/aromatic N) is 1. The fraction of sp³-hybridized carbons (Fsp3) is 0.393. The summed E-state index contributed by atoms with van der Waals surface area (Å²) in [6, 6.07) is 8.10. The maximum absolute atomic E-state index is 13.6. The maximum Gasteiger partial charge on any atom is 0.309 e. The second-order valence-electron chi connectivity index (χ2n) is 9.03. The summed E-state index contributed by atoms with van der Waals surface area (Å²) in [7, 11) is 0. The van der Waals surface area contributed by atoms with E-state index in [0.717, 1.165) is 29.0 Å². The highest BCUT2D eigenvalue weighted by Gasteiger charge is 2.38. The number of amides is 1. The minimum Gasteiger partial charge on any atom is -0.482 e. The monoisotopic (exact) mass is 512 g/mol. The maximum atomic E-state index is 13.6. The van der Waals surface area contributed by atoms with Crippen molar-refractivity contribution >= 4 is 40.5 Å². The van der Waals surface area contributed by atoms with Gasteiger partial charge in [-0.25, -0.2) is 4.39 Å². The van der Waals surface area contributed by atoms with Crippen molar-refractivity contribution in [3.05, 3.63) is 71.0 Å². The van der Waals surface area contributed by atoms with Crippen LogP contribution < -0.4 is 5.32 Å². The van der Waals surface area contributed by atoms with Crippen LogP contribution in [0, 0.1) is 11.7 Å². The van der Waals surface area contributed by atoms with E-state index in [2.05, 4.69) is 10.3 Å². The van der Waals surface area contributed by atoms with Crippen molar-refractivity contribution < 1.29 is 23.5 Å². The Morgan fingerprint density at radius 3 is 2.72 bits per heavy atom. The lowest BCUT2D eigenvalue weighted by atomic mass is 9.92. The SMILES string of the molecule is C.CCOC(=O)[C@H](CCSC)Cc1ccc(C2=C/C(=C3\C(=O)Nc4cc(F)ccc43)OC2(C)C)cn1. The molecule has 2 aromatic rings. The molecule has 0 unspecified atom stereocenters. The van der Waals surface area contributed by atoms with Gasteiger partial charge in [0.25, 0.3) is 5.91 Å². The molecule has 0 fully saturated rings. The average Bonchev–Trinajstić information content (AvgIpc) is 3.31. The summed E-state index contributed by atoms with van der Waals surface area (Å²) in [5.74, 6) is 0.166. The lowest BCUT2D eigenvalue weighted by Gasteiger charge is -2.23. The first kappa shape index (κ1) is 27.5. The van der Waals surface area contributed by atoms with E-state index >= 15 is 0 Å². The number of pyridine rings is 1. The lowest BCUT2D eigenvalue weighted by molar-refractivity contribution is -0.148. The van der Waals surface area contributed by atoms with Crippen molar-refractivity contribution in [2.24, 2.45) is 5.92 Å². The summed E-state index contributed by atoms with van der Waals surface area (Å²) in [5.41, 5.74) is 3.30. The first-order chi connectivity index (χ1) is 16.7. The number of nitrogens with one attached hydrogen (secondary N) is 1. The van der Waals surface area contributed by atoms with Crippen LogP contribution >= 0.6 is 11.8 Å². The van der Waals surface area contributed by atoms with Crippen molar-refractivity contribution in [1.29, 1.82) is 0 Å². The summed E-state index contributed by atoms with van der Waals surface area (Å²) in [6.45, 7) is 6.03. The number of carbonyl (C=O) groups excluding carboxylic acids is 2. The number of halogens is 1. The van der Waals surface area contributed by atoms with Gasteiger partial charge >= 0.3 is 5.97 Å². The van der Waals surface area contributed by atoms with Crippen molar-refractivity contribution in [1.82, 2.24) is 4.98 Å². The molecule has 0 radical (unpaired) electrons. The van der Waals surface area contributed by atoms with Gasteiger partial charge in [-0.1, -0.05) is 13.5 Å². The zero-order valence-electron chi connectivity index (χ0n) is 20.3. The first-order valence-corrected chi connectivity index (χ1v) is 13.0. The van der Waals surface area contributed by atoms with Crippen molar-refractivity contribution in [3.63, 3.8) is 0 Å². The van der Waals surface area contributed by atoms with Crippen LogP contribution in [0.15, 0.2) is 48.4 Å². The van der Waals surface area contributed by atoms with Crippen LogP contribution in [0.1, 0.15) is 51.4 Å². The minimum absolute atomic E-state index is 0. The molecule has 1 aromatic carbocycles. The van der Waals surface area contributed by atoms with E-state index in [1.54, 1.807) is 24.0 Å². The minimum atomic E-state index is -0.694. The highest BCUT2D eigenvalue weighted by Crippen LogP contribution is 2.44. The molecule has 0 saturated carbocycles. The highest BCUT2D eigenvalue weighted by atomic mass is 32.2. The number of allylic oxidation sites excluding steroid dienone is 1. The topological polar surface area (TPSA) is 77.5 Å². The number of carbonyl (C=O) groups is 2. The molecule has 0 bridgehead atoms. The Labute approximate surface area is 216 Å². The Balaban J connectivity index is 0.00000361. The quantitative estimate of drug-likeness (QED) is 0.351. The van der Waals surface area contributed by atoms with Gasteiger partial charge in [0.15, 0.2) is 0 Å². The number of hydrogen-bond donors (Lipinski definition) is 1. The molecular formula is C28H33FN2O4S. The number of aromatic nitrogens is 1. The van der Waals surface area contributed by atoms with Gasteiger partial charge in [0.2, 0.25) is 0 Å². The van der Waals surface area contributed by atoms with Crippen molar-refractivity contribution in [3.8, 4) is 0 Å². The normalized spacial score (nSPS) is 18.5. The number of benzene rings is 1. The largest absolute Gasteiger partial charge is 0.482 e. The molecule has 0 spiro atoms. The number of rotatable bonds is 8. The van der Waals surface area contributed by atoms with Crippen LogP contribution in [0.3, 0.4) is 0 Å². The third-order valence-electron chi connectivity index (χ3n) is 6.14. The fourth-order valence-corrected chi connectivity index (χ4v) is 4.91. The summed E-state index contributed by atoms with van der Waals surface area (Å²) in [4.78, 5) is 29.6. The third-order valence-corrected chi connectivity index (χ3v) is 6.79. The third kappa shape index (κ3) is 5.64. The Morgan fingerprint density at radius 1 is 1.28 bits per heavy atom. The lowest BCUT2D eigenvalue weighted by Crippen LogP contribution is -2.22. The molecule has 6 nitrogen and oxygen atoms in total. The van der Waals surface area contributed by atoms with Crippen LogP contribution in [-0.4, -0.2) is 41.1 Å². The molecule has 4 rings (SSSR count). The number of esters is 1. The Kier molecular flexibility index (Phi) is 8.61. The first-order valence-electron chi connectivity index (χ1n) is 11.6. The van der Waals surface area contributed by atoms with Gasteiger partial charge in [-0.3, -0.25) is 14.6 Å². The molecule has 36 heavy (non-hydrogen) atoms. The summed E-state index contributed by atoms with van der Waals surface area (Å²) < 4.78 is 25.1. The van der Waals surface area contributed by atoms with Gasteiger partial charge in [-0.05, 0) is 69.5 Å². The Morgan fingerprint density at radius 2 is 2.06 bits per heavy atom. The second kappa shape index (κ2) is 11.3. The zero-order chi connectivity index (χ0) is 25.2.